The van der Waals surface area contributed by atoms with Gasteiger partial charge in [-0.25, -0.2) is 4.98 Å². The Hall–Kier alpha value is -2.86. The maximum atomic E-state index is 12.5. The Morgan fingerprint density at radius 1 is 0.967 bits per heavy atom. The van der Waals surface area contributed by atoms with Gasteiger partial charge in [0, 0.05) is 11.1 Å². The van der Waals surface area contributed by atoms with Crippen molar-refractivity contribution in [3.05, 3.63) is 64.7 Å². The van der Waals surface area contributed by atoms with Crippen molar-refractivity contribution in [1.29, 1.82) is 0 Å². The van der Waals surface area contributed by atoms with E-state index in [1.165, 1.54) is 11.8 Å². The lowest BCUT2D eigenvalue weighted by Crippen LogP contribution is -2.37. The number of hydrogen-bond acceptors (Lipinski definition) is 4. The van der Waals surface area contributed by atoms with E-state index < -0.39 is 0 Å². The molecule has 3 rings (SSSR count). The molecule has 0 spiro atoms. The lowest BCUT2D eigenvalue weighted by atomic mass is 10.1. The van der Waals surface area contributed by atoms with E-state index in [9.17, 15) is 9.59 Å². The number of amides is 2. The number of thioether (sulfide) groups is 1. The Balaban J connectivity index is 1.60. The van der Waals surface area contributed by atoms with Crippen LogP contribution in [0.3, 0.4) is 0 Å². The molecule has 156 valence electrons. The molecule has 2 N–H and O–H groups in total. The second-order valence-corrected chi connectivity index (χ2v) is 8.90. The fourth-order valence-electron chi connectivity index (χ4n) is 3.33. The highest BCUT2D eigenvalue weighted by Crippen LogP contribution is 2.28. The topological polar surface area (TPSA) is 71.1 Å². The maximum absolute atomic E-state index is 12.5. The summed E-state index contributed by atoms with van der Waals surface area (Å²) in [6.45, 7) is 9.73. The fourth-order valence-corrected chi connectivity index (χ4v) is 4.27. The Bertz CT molecular complexity index is 1090. The van der Waals surface area contributed by atoms with Crippen LogP contribution in [-0.2, 0) is 9.59 Å². The molecule has 0 saturated heterocycles. The van der Waals surface area contributed by atoms with Crippen LogP contribution in [0.25, 0.3) is 10.9 Å². The third-order valence-electron chi connectivity index (χ3n) is 5.06. The number of nitrogens with zero attached hydrogens (tertiary/aromatic N) is 1. The summed E-state index contributed by atoms with van der Waals surface area (Å²) in [5.74, 6) is -0.436. The summed E-state index contributed by atoms with van der Waals surface area (Å²) in [6, 6.07) is 14.0. The first-order valence-electron chi connectivity index (χ1n) is 9.93. The molecule has 1 aromatic heterocycles. The Kier molecular flexibility index (Phi) is 6.77. The first-order valence-corrected chi connectivity index (χ1v) is 10.8. The molecule has 1 heterocycles. The van der Waals surface area contributed by atoms with E-state index in [0.29, 0.717) is 0 Å². The molecule has 6 heteroatoms. The van der Waals surface area contributed by atoms with Crippen LogP contribution in [0.1, 0.15) is 29.2 Å². The molecule has 0 fully saturated rings. The number of carbonyl (C=O) groups excluding carboxylic acids is 2. The number of aromatic nitrogens is 1. The molecule has 0 saturated carbocycles. The predicted molar refractivity (Wildman–Crippen MR) is 124 cm³/mol. The maximum Gasteiger partial charge on any atom is 0.243 e. The van der Waals surface area contributed by atoms with Crippen LogP contribution in [0.4, 0.5) is 5.69 Å². The first-order chi connectivity index (χ1) is 14.3. The second kappa shape index (κ2) is 9.30. The third kappa shape index (κ3) is 5.00. The minimum atomic E-state index is -0.369. The number of rotatable bonds is 6. The number of carbonyl (C=O) groups is 2. The van der Waals surface area contributed by atoms with Crippen LogP contribution in [0.2, 0.25) is 0 Å². The van der Waals surface area contributed by atoms with E-state index >= 15 is 0 Å². The van der Waals surface area contributed by atoms with Gasteiger partial charge in [0.05, 0.1) is 22.3 Å². The van der Waals surface area contributed by atoms with Crippen molar-refractivity contribution in [3.63, 3.8) is 0 Å². The number of anilines is 1. The van der Waals surface area contributed by atoms with Gasteiger partial charge in [-0.3, -0.25) is 9.59 Å². The summed E-state index contributed by atoms with van der Waals surface area (Å²) in [5, 5.41) is 7.17. The van der Waals surface area contributed by atoms with Gasteiger partial charge in [-0.15, -0.1) is 0 Å². The average Bonchev–Trinajstić information content (AvgIpc) is 2.70. The van der Waals surface area contributed by atoms with Gasteiger partial charge < -0.3 is 10.6 Å². The number of pyridine rings is 1. The van der Waals surface area contributed by atoms with Gasteiger partial charge in [-0.2, -0.15) is 0 Å². The zero-order valence-electron chi connectivity index (χ0n) is 18.0. The van der Waals surface area contributed by atoms with Gasteiger partial charge in [0.15, 0.2) is 0 Å². The van der Waals surface area contributed by atoms with E-state index in [1.54, 1.807) is 0 Å². The number of fused-ring (bicyclic) bond motifs is 1. The molecule has 0 aliphatic heterocycles. The van der Waals surface area contributed by atoms with E-state index in [-0.39, 0.29) is 23.6 Å². The SMILES string of the molecule is Cc1cccc(C)c1NC(=O)CNC(=O)[C@@H](C)Sc1cc(C)c2cccc(C)c2n1. The summed E-state index contributed by atoms with van der Waals surface area (Å²) in [4.78, 5) is 29.5. The van der Waals surface area contributed by atoms with Crippen molar-refractivity contribution >= 4 is 40.2 Å². The Morgan fingerprint density at radius 3 is 2.30 bits per heavy atom. The zero-order chi connectivity index (χ0) is 21.8. The number of hydrogen-bond donors (Lipinski definition) is 2. The van der Waals surface area contributed by atoms with Crippen molar-refractivity contribution in [2.24, 2.45) is 0 Å². The molecule has 0 aliphatic rings. The van der Waals surface area contributed by atoms with Crippen LogP contribution in [-0.4, -0.2) is 28.6 Å². The third-order valence-corrected chi connectivity index (χ3v) is 6.08. The number of para-hydroxylation sites is 2. The Morgan fingerprint density at radius 2 is 1.60 bits per heavy atom. The van der Waals surface area contributed by atoms with Crippen LogP contribution in [0.5, 0.6) is 0 Å². The lowest BCUT2D eigenvalue weighted by molar-refractivity contribution is -0.123. The largest absolute Gasteiger partial charge is 0.346 e. The number of aryl methyl sites for hydroxylation is 4. The molecule has 0 radical (unpaired) electrons. The monoisotopic (exact) mass is 421 g/mol. The smallest absolute Gasteiger partial charge is 0.243 e. The van der Waals surface area contributed by atoms with Gasteiger partial charge in [-0.05, 0) is 62.9 Å². The highest BCUT2D eigenvalue weighted by Gasteiger charge is 2.17. The van der Waals surface area contributed by atoms with Crippen LogP contribution in [0.15, 0.2) is 47.5 Å². The van der Waals surface area contributed by atoms with Crippen LogP contribution in [0, 0.1) is 27.7 Å². The van der Waals surface area contributed by atoms with Crippen molar-refractivity contribution in [2.45, 2.75) is 44.9 Å². The minimum absolute atomic E-state index is 0.0687. The molecule has 0 bridgehead atoms. The van der Waals surface area contributed by atoms with E-state index in [4.69, 9.17) is 4.98 Å². The summed E-state index contributed by atoms with van der Waals surface area (Å²) in [6.07, 6.45) is 0. The zero-order valence-corrected chi connectivity index (χ0v) is 18.8. The number of benzene rings is 2. The second-order valence-electron chi connectivity index (χ2n) is 7.54. The molecule has 2 aromatic carbocycles. The molecule has 0 unspecified atom stereocenters. The predicted octanol–water partition coefficient (Wildman–Crippen LogP) is 4.70. The van der Waals surface area contributed by atoms with E-state index in [2.05, 4.69) is 23.6 Å². The normalized spacial score (nSPS) is 11.9. The highest BCUT2D eigenvalue weighted by molar-refractivity contribution is 8.00. The summed E-state index contributed by atoms with van der Waals surface area (Å²) in [7, 11) is 0. The lowest BCUT2D eigenvalue weighted by Gasteiger charge is -2.14. The van der Waals surface area contributed by atoms with Crippen molar-refractivity contribution in [2.75, 3.05) is 11.9 Å². The molecule has 5 nitrogen and oxygen atoms in total. The van der Waals surface area contributed by atoms with Crippen LogP contribution < -0.4 is 10.6 Å². The molecule has 0 aliphatic carbocycles. The van der Waals surface area contributed by atoms with Crippen LogP contribution >= 0.6 is 11.8 Å². The van der Waals surface area contributed by atoms with Gasteiger partial charge in [-0.1, -0.05) is 48.2 Å². The van der Waals surface area contributed by atoms with Gasteiger partial charge >= 0.3 is 0 Å². The molecule has 3 aromatic rings. The average molecular weight is 422 g/mol. The molecular formula is C24H27N3O2S. The van der Waals surface area contributed by atoms with Gasteiger partial charge in [0.2, 0.25) is 11.8 Å². The van der Waals surface area contributed by atoms with Gasteiger partial charge in [0.1, 0.15) is 0 Å². The Labute approximate surface area is 181 Å². The van der Waals surface area contributed by atoms with E-state index in [0.717, 1.165) is 43.9 Å². The summed E-state index contributed by atoms with van der Waals surface area (Å²) in [5.41, 5.74) is 5.98. The fraction of sp³-hybridized carbons (Fsp3) is 0.292. The number of nitrogens with one attached hydrogen (secondary N) is 2. The van der Waals surface area contributed by atoms with Crippen molar-refractivity contribution < 1.29 is 9.59 Å². The minimum Gasteiger partial charge on any atom is -0.346 e. The molecule has 1 atom stereocenters. The molecular weight excluding hydrogens is 394 g/mol. The van der Waals surface area contributed by atoms with Crippen molar-refractivity contribution in [1.82, 2.24) is 10.3 Å². The quantitative estimate of drug-likeness (QED) is 0.566. The standard InChI is InChI=1S/C24H27N3O2S/c1-14-8-6-9-15(2)22(14)26-20(28)13-25-24(29)18(5)30-21-12-17(4)19-11-7-10-16(3)23(19)27-21/h6-12,18H,13H2,1-5H3,(H,25,29)(H,26,28)/t18-/m1/s1. The molecule has 2 amide bonds. The summed E-state index contributed by atoms with van der Waals surface area (Å²) >= 11 is 1.40. The van der Waals surface area contributed by atoms with E-state index in [1.807, 2.05) is 64.1 Å². The highest BCUT2D eigenvalue weighted by atomic mass is 32.2. The first kappa shape index (κ1) is 21.8. The van der Waals surface area contributed by atoms with Crippen molar-refractivity contribution in [3.8, 4) is 0 Å². The van der Waals surface area contributed by atoms with Gasteiger partial charge in [0.25, 0.3) is 0 Å². The molecule has 30 heavy (non-hydrogen) atoms. The summed E-state index contributed by atoms with van der Waals surface area (Å²) < 4.78 is 0.